The molecule has 0 aromatic carbocycles. The average Bonchev–Trinajstić information content (AvgIpc) is 1.64. The van der Waals surface area contributed by atoms with Crippen LogP contribution in [0.4, 0.5) is 0 Å². The van der Waals surface area contributed by atoms with Crippen LogP contribution < -0.4 is 5.32 Å². The van der Waals surface area contributed by atoms with Gasteiger partial charge in [0.2, 0.25) is 0 Å². The standard InChI is InChI=1S/C6H13NO.ClH/c1-5-3-7-4-6(2)8-5;/h5-7H,3-4H2,1-2H3;1H/t5-,6+;. The Morgan fingerprint density at radius 2 is 1.67 bits per heavy atom. The van der Waals surface area contributed by atoms with Gasteiger partial charge in [-0.05, 0) is 13.8 Å². The third kappa shape index (κ3) is 3.04. The van der Waals surface area contributed by atoms with Crippen LogP contribution in [0.1, 0.15) is 13.8 Å². The van der Waals surface area contributed by atoms with Crippen molar-refractivity contribution in [3.8, 4) is 0 Å². The molecule has 1 N–H and O–H groups in total. The number of halogens is 1. The fourth-order valence-corrected chi connectivity index (χ4v) is 0.983. The topological polar surface area (TPSA) is 21.3 Å². The molecule has 1 aliphatic heterocycles. The van der Waals surface area contributed by atoms with Gasteiger partial charge in [-0.1, -0.05) is 0 Å². The molecule has 2 atom stereocenters. The summed E-state index contributed by atoms with van der Waals surface area (Å²) in [5.41, 5.74) is 0. The number of rotatable bonds is 0. The minimum absolute atomic E-state index is 0. The van der Waals surface area contributed by atoms with Crippen molar-refractivity contribution in [3.63, 3.8) is 0 Å². The van der Waals surface area contributed by atoms with Gasteiger partial charge in [0.1, 0.15) is 0 Å². The molecule has 1 fully saturated rings. The van der Waals surface area contributed by atoms with Crippen LogP contribution in [-0.4, -0.2) is 25.3 Å². The zero-order chi connectivity index (χ0) is 5.98. The molecule has 0 radical (unpaired) electrons. The van der Waals surface area contributed by atoms with E-state index in [-0.39, 0.29) is 12.4 Å². The van der Waals surface area contributed by atoms with Crippen LogP contribution in [0.15, 0.2) is 0 Å². The summed E-state index contributed by atoms with van der Waals surface area (Å²) in [7, 11) is 0. The number of hydrogen-bond donors (Lipinski definition) is 1. The largest absolute Gasteiger partial charge is 0.373 e. The maximum atomic E-state index is 5.42. The quantitative estimate of drug-likeness (QED) is 0.553. The first-order chi connectivity index (χ1) is 3.79. The van der Waals surface area contributed by atoms with E-state index in [1.54, 1.807) is 0 Å². The normalized spacial score (nSPS) is 35.3. The van der Waals surface area contributed by atoms with Crippen LogP contribution >= 0.6 is 12.4 Å². The van der Waals surface area contributed by atoms with Gasteiger partial charge in [0.05, 0.1) is 12.2 Å². The van der Waals surface area contributed by atoms with E-state index in [9.17, 15) is 0 Å². The van der Waals surface area contributed by atoms with Crippen LogP contribution in [-0.2, 0) is 4.74 Å². The maximum Gasteiger partial charge on any atom is 0.0675 e. The highest BCUT2D eigenvalue weighted by Gasteiger charge is 2.12. The van der Waals surface area contributed by atoms with Crippen molar-refractivity contribution < 1.29 is 4.74 Å². The van der Waals surface area contributed by atoms with Gasteiger partial charge >= 0.3 is 0 Å². The van der Waals surface area contributed by atoms with E-state index in [2.05, 4.69) is 19.2 Å². The van der Waals surface area contributed by atoms with Crippen molar-refractivity contribution >= 4 is 12.4 Å². The second-order valence-corrected chi connectivity index (χ2v) is 2.42. The third-order valence-electron chi connectivity index (χ3n) is 1.33. The first kappa shape index (κ1) is 9.21. The van der Waals surface area contributed by atoms with Gasteiger partial charge in [-0.2, -0.15) is 0 Å². The van der Waals surface area contributed by atoms with Crippen molar-refractivity contribution in [1.29, 1.82) is 0 Å². The highest BCUT2D eigenvalue weighted by molar-refractivity contribution is 5.85. The summed E-state index contributed by atoms with van der Waals surface area (Å²) in [4.78, 5) is 0. The lowest BCUT2D eigenvalue weighted by Gasteiger charge is -2.25. The summed E-state index contributed by atoms with van der Waals surface area (Å²) < 4.78 is 5.42. The van der Waals surface area contributed by atoms with E-state index in [0.717, 1.165) is 13.1 Å². The lowest BCUT2D eigenvalue weighted by molar-refractivity contribution is -0.0166. The predicted molar refractivity (Wildman–Crippen MR) is 40.1 cm³/mol. The van der Waals surface area contributed by atoms with Crippen LogP contribution in [0.3, 0.4) is 0 Å². The highest BCUT2D eigenvalue weighted by Crippen LogP contribution is 2.00. The van der Waals surface area contributed by atoms with Gasteiger partial charge in [-0.25, -0.2) is 0 Å². The van der Waals surface area contributed by atoms with Crippen LogP contribution in [0, 0.1) is 0 Å². The predicted octanol–water partition coefficient (Wildman–Crippen LogP) is 0.805. The SMILES string of the molecule is C[C@@H]1CNC[C@H](C)O1.Cl. The second kappa shape index (κ2) is 4.09. The van der Waals surface area contributed by atoms with Gasteiger partial charge in [-0.15, -0.1) is 12.4 Å². The van der Waals surface area contributed by atoms with E-state index in [1.807, 2.05) is 0 Å². The smallest absolute Gasteiger partial charge is 0.0675 e. The maximum absolute atomic E-state index is 5.42. The first-order valence-electron chi connectivity index (χ1n) is 3.15. The minimum atomic E-state index is 0. The molecule has 1 heterocycles. The fourth-order valence-electron chi connectivity index (χ4n) is 0.983. The summed E-state index contributed by atoms with van der Waals surface area (Å²) in [6.45, 7) is 6.18. The molecule has 0 saturated carbocycles. The Hall–Kier alpha value is 0.210. The molecule has 0 spiro atoms. The Labute approximate surface area is 62.4 Å². The summed E-state index contributed by atoms with van der Waals surface area (Å²) in [5.74, 6) is 0. The fraction of sp³-hybridized carbons (Fsp3) is 1.00. The summed E-state index contributed by atoms with van der Waals surface area (Å²) in [6, 6.07) is 0. The Morgan fingerprint density at radius 1 is 1.22 bits per heavy atom. The molecule has 56 valence electrons. The molecule has 0 amide bonds. The highest BCUT2D eigenvalue weighted by atomic mass is 35.5. The average molecular weight is 152 g/mol. The second-order valence-electron chi connectivity index (χ2n) is 2.42. The van der Waals surface area contributed by atoms with Crippen molar-refractivity contribution in [2.75, 3.05) is 13.1 Å². The number of nitrogens with one attached hydrogen (secondary N) is 1. The van der Waals surface area contributed by atoms with E-state index in [0.29, 0.717) is 12.2 Å². The first-order valence-corrected chi connectivity index (χ1v) is 3.15. The molecule has 3 heteroatoms. The molecule has 0 aromatic heterocycles. The molecule has 0 bridgehead atoms. The molecular formula is C6H14ClNO. The molecule has 0 aromatic rings. The van der Waals surface area contributed by atoms with Gasteiger partial charge in [0, 0.05) is 13.1 Å². The molecule has 1 saturated heterocycles. The molecule has 0 unspecified atom stereocenters. The summed E-state index contributed by atoms with van der Waals surface area (Å²) >= 11 is 0. The summed E-state index contributed by atoms with van der Waals surface area (Å²) in [6.07, 6.45) is 0.803. The van der Waals surface area contributed by atoms with Crippen LogP contribution in [0.5, 0.6) is 0 Å². The van der Waals surface area contributed by atoms with Crippen LogP contribution in [0.2, 0.25) is 0 Å². The molecule has 1 rings (SSSR count). The van der Waals surface area contributed by atoms with E-state index >= 15 is 0 Å². The molecule has 1 aliphatic rings. The van der Waals surface area contributed by atoms with Gasteiger partial charge < -0.3 is 10.1 Å². The van der Waals surface area contributed by atoms with E-state index < -0.39 is 0 Å². The van der Waals surface area contributed by atoms with E-state index in [1.165, 1.54) is 0 Å². The lowest BCUT2D eigenvalue weighted by atomic mass is 10.3. The zero-order valence-corrected chi connectivity index (χ0v) is 6.70. The molecular weight excluding hydrogens is 138 g/mol. The molecule has 0 aliphatic carbocycles. The molecule has 2 nitrogen and oxygen atoms in total. The third-order valence-corrected chi connectivity index (χ3v) is 1.33. The molecule has 9 heavy (non-hydrogen) atoms. The monoisotopic (exact) mass is 151 g/mol. The number of morpholine rings is 1. The van der Waals surface area contributed by atoms with Crippen molar-refractivity contribution in [3.05, 3.63) is 0 Å². The van der Waals surface area contributed by atoms with Gasteiger partial charge in [-0.3, -0.25) is 0 Å². The van der Waals surface area contributed by atoms with Crippen molar-refractivity contribution in [2.24, 2.45) is 0 Å². The Bertz CT molecular complexity index is 71.5. The van der Waals surface area contributed by atoms with Gasteiger partial charge in [0.25, 0.3) is 0 Å². The lowest BCUT2D eigenvalue weighted by Crippen LogP contribution is -2.41. The number of ether oxygens (including phenoxy) is 1. The van der Waals surface area contributed by atoms with Crippen molar-refractivity contribution in [1.82, 2.24) is 5.32 Å². The van der Waals surface area contributed by atoms with E-state index in [4.69, 9.17) is 4.74 Å². The van der Waals surface area contributed by atoms with Crippen LogP contribution in [0.25, 0.3) is 0 Å². The summed E-state index contributed by atoms with van der Waals surface area (Å²) in [5, 5.41) is 3.26. The number of hydrogen-bond acceptors (Lipinski definition) is 2. The minimum Gasteiger partial charge on any atom is -0.373 e. The Kier molecular flexibility index (Phi) is 4.19. The van der Waals surface area contributed by atoms with Gasteiger partial charge in [0.15, 0.2) is 0 Å². The Morgan fingerprint density at radius 3 is 1.89 bits per heavy atom. The van der Waals surface area contributed by atoms with Crippen molar-refractivity contribution in [2.45, 2.75) is 26.1 Å². The zero-order valence-electron chi connectivity index (χ0n) is 5.89. The Balaban J connectivity index is 0.000000640.